The number of hydrogen-bond acceptors (Lipinski definition) is 3. The van der Waals surface area contributed by atoms with E-state index in [1.54, 1.807) is 24.4 Å². The van der Waals surface area contributed by atoms with Crippen LogP contribution in [0.2, 0.25) is 5.02 Å². The molecule has 1 aromatic carbocycles. The summed E-state index contributed by atoms with van der Waals surface area (Å²) < 4.78 is 13.0. The summed E-state index contributed by atoms with van der Waals surface area (Å²) in [5, 5.41) is 12.4. The second-order valence-corrected chi connectivity index (χ2v) is 4.45. The Balaban J connectivity index is 2.26. The molecular weight excluding hydrogens is 265 g/mol. The number of pyridine rings is 1. The number of hydrogen-bond donors (Lipinski definition) is 1. The van der Waals surface area contributed by atoms with Gasteiger partial charge in [-0.2, -0.15) is 5.26 Å². The predicted molar refractivity (Wildman–Crippen MR) is 72.4 cm³/mol. The maximum atomic E-state index is 13.0. The second-order valence-electron chi connectivity index (χ2n) is 4.04. The van der Waals surface area contributed by atoms with Crippen molar-refractivity contribution in [2.75, 3.05) is 5.32 Å². The van der Waals surface area contributed by atoms with Gasteiger partial charge >= 0.3 is 0 Å². The standard InChI is InChI=1S/C14H11ClFN3/c1-9(12-5-4-11(16)7-13(12)15)19-14-10(8-17)3-2-6-18-14/h2-7,9H,1H3,(H,18,19). The fraction of sp³-hybridized carbons (Fsp3) is 0.143. The van der Waals surface area contributed by atoms with Crippen LogP contribution in [0.15, 0.2) is 36.5 Å². The molecule has 19 heavy (non-hydrogen) atoms. The molecule has 0 amide bonds. The molecule has 5 heteroatoms. The average molecular weight is 276 g/mol. The fourth-order valence-corrected chi connectivity index (χ4v) is 2.08. The number of rotatable bonds is 3. The van der Waals surface area contributed by atoms with Crippen LogP contribution in [0.4, 0.5) is 10.2 Å². The van der Waals surface area contributed by atoms with Crippen LogP contribution in [0, 0.1) is 17.1 Å². The third-order valence-corrected chi connectivity index (χ3v) is 3.04. The van der Waals surface area contributed by atoms with E-state index in [4.69, 9.17) is 16.9 Å². The summed E-state index contributed by atoms with van der Waals surface area (Å²) in [5.74, 6) is 0.106. The van der Waals surface area contributed by atoms with E-state index in [9.17, 15) is 4.39 Å². The molecule has 2 aromatic rings. The van der Waals surface area contributed by atoms with Gasteiger partial charge in [0.05, 0.1) is 11.6 Å². The topological polar surface area (TPSA) is 48.7 Å². The summed E-state index contributed by atoms with van der Waals surface area (Å²) in [5.41, 5.74) is 1.20. The lowest BCUT2D eigenvalue weighted by Gasteiger charge is -2.17. The summed E-state index contributed by atoms with van der Waals surface area (Å²) in [7, 11) is 0. The first kappa shape index (κ1) is 13.3. The minimum absolute atomic E-state index is 0.185. The Morgan fingerprint density at radius 1 is 1.42 bits per heavy atom. The zero-order valence-corrected chi connectivity index (χ0v) is 10.9. The maximum absolute atomic E-state index is 13.0. The van der Waals surface area contributed by atoms with Crippen molar-refractivity contribution in [2.24, 2.45) is 0 Å². The first-order valence-corrected chi connectivity index (χ1v) is 6.06. The molecule has 96 valence electrons. The summed E-state index contributed by atoms with van der Waals surface area (Å²) in [6.45, 7) is 1.87. The van der Waals surface area contributed by atoms with E-state index in [0.717, 1.165) is 5.56 Å². The van der Waals surface area contributed by atoms with Crippen LogP contribution in [0.25, 0.3) is 0 Å². The van der Waals surface area contributed by atoms with Crippen LogP contribution in [0.5, 0.6) is 0 Å². The van der Waals surface area contributed by atoms with Crippen LogP contribution < -0.4 is 5.32 Å². The summed E-state index contributed by atoms with van der Waals surface area (Å²) in [6, 6.07) is 9.47. The Labute approximate surface area is 115 Å². The Bertz CT molecular complexity index is 637. The lowest BCUT2D eigenvalue weighted by Crippen LogP contribution is -2.09. The van der Waals surface area contributed by atoms with Crippen molar-refractivity contribution in [1.82, 2.24) is 4.98 Å². The van der Waals surface area contributed by atoms with E-state index in [1.165, 1.54) is 12.1 Å². The molecular formula is C14H11ClFN3. The highest BCUT2D eigenvalue weighted by molar-refractivity contribution is 6.31. The highest BCUT2D eigenvalue weighted by Crippen LogP contribution is 2.26. The Morgan fingerprint density at radius 3 is 2.89 bits per heavy atom. The van der Waals surface area contributed by atoms with Crippen molar-refractivity contribution in [3.05, 3.63) is 58.5 Å². The van der Waals surface area contributed by atoms with Crippen molar-refractivity contribution in [2.45, 2.75) is 13.0 Å². The molecule has 0 saturated carbocycles. The monoisotopic (exact) mass is 275 g/mol. The molecule has 3 nitrogen and oxygen atoms in total. The van der Waals surface area contributed by atoms with Gasteiger partial charge in [-0.05, 0) is 36.8 Å². The van der Waals surface area contributed by atoms with Gasteiger partial charge < -0.3 is 5.32 Å². The molecule has 0 aliphatic rings. The van der Waals surface area contributed by atoms with Gasteiger partial charge in [0.1, 0.15) is 17.7 Å². The van der Waals surface area contributed by atoms with E-state index in [2.05, 4.69) is 16.4 Å². The van der Waals surface area contributed by atoms with Gasteiger partial charge in [-0.25, -0.2) is 9.37 Å². The van der Waals surface area contributed by atoms with E-state index in [0.29, 0.717) is 16.4 Å². The zero-order valence-electron chi connectivity index (χ0n) is 10.2. The van der Waals surface area contributed by atoms with Crippen molar-refractivity contribution in [3.63, 3.8) is 0 Å². The number of nitrogens with zero attached hydrogens (tertiary/aromatic N) is 2. The van der Waals surface area contributed by atoms with E-state index in [-0.39, 0.29) is 11.9 Å². The molecule has 2 rings (SSSR count). The lowest BCUT2D eigenvalue weighted by molar-refractivity contribution is 0.626. The normalized spacial score (nSPS) is 11.7. The Hall–Kier alpha value is -2.12. The molecule has 0 aliphatic heterocycles. The molecule has 1 heterocycles. The SMILES string of the molecule is CC(Nc1ncccc1C#N)c1ccc(F)cc1Cl. The van der Waals surface area contributed by atoms with Crippen molar-refractivity contribution in [1.29, 1.82) is 5.26 Å². The van der Waals surface area contributed by atoms with Gasteiger partial charge in [0.2, 0.25) is 0 Å². The number of aromatic nitrogens is 1. The molecule has 1 N–H and O–H groups in total. The van der Waals surface area contributed by atoms with E-state index >= 15 is 0 Å². The highest BCUT2D eigenvalue weighted by Gasteiger charge is 2.12. The second kappa shape index (κ2) is 5.68. The molecule has 1 unspecified atom stereocenters. The third-order valence-electron chi connectivity index (χ3n) is 2.71. The number of nitrogens with one attached hydrogen (secondary N) is 1. The smallest absolute Gasteiger partial charge is 0.144 e. The molecule has 0 bridgehead atoms. The van der Waals surface area contributed by atoms with Crippen LogP contribution >= 0.6 is 11.6 Å². The average Bonchev–Trinajstić information content (AvgIpc) is 2.39. The molecule has 1 aromatic heterocycles. The van der Waals surface area contributed by atoms with Gasteiger partial charge in [0, 0.05) is 11.2 Å². The van der Waals surface area contributed by atoms with Gasteiger partial charge in [0.25, 0.3) is 0 Å². The minimum atomic E-state index is -0.378. The number of benzene rings is 1. The molecule has 0 aliphatic carbocycles. The molecule has 0 radical (unpaired) electrons. The number of nitriles is 1. The first-order valence-electron chi connectivity index (χ1n) is 5.68. The van der Waals surface area contributed by atoms with Crippen molar-refractivity contribution >= 4 is 17.4 Å². The third kappa shape index (κ3) is 3.01. The molecule has 0 fully saturated rings. The van der Waals surface area contributed by atoms with Gasteiger partial charge in [0.15, 0.2) is 0 Å². The highest BCUT2D eigenvalue weighted by atomic mass is 35.5. The van der Waals surface area contributed by atoms with Crippen molar-refractivity contribution in [3.8, 4) is 6.07 Å². The van der Waals surface area contributed by atoms with Crippen LogP contribution in [-0.2, 0) is 0 Å². The Morgan fingerprint density at radius 2 is 2.21 bits per heavy atom. The van der Waals surface area contributed by atoms with E-state index in [1.807, 2.05) is 6.92 Å². The number of anilines is 1. The summed E-state index contributed by atoms with van der Waals surface area (Å²) >= 11 is 6.00. The maximum Gasteiger partial charge on any atom is 0.144 e. The van der Waals surface area contributed by atoms with Gasteiger partial charge in [-0.1, -0.05) is 17.7 Å². The van der Waals surface area contributed by atoms with Gasteiger partial charge in [-0.3, -0.25) is 0 Å². The molecule has 0 saturated heterocycles. The van der Waals surface area contributed by atoms with Gasteiger partial charge in [-0.15, -0.1) is 0 Å². The molecule has 1 atom stereocenters. The summed E-state index contributed by atoms with van der Waals surface area (Å²) in [4.78, 5) is 4.11. The van der Waals surface area contributed by atoms with Crippen molar-refractivity contribution < 1.29 is 4.39 Å². The predicted octanol–water partition coefficient (Wildman–Crippen LogP) is 3.92. The molecule has 0 spiro atoms. The Kier molecular flexibility index (Phi) is 3.98. The fourth-order valence-electron chi connectivity index (χ4n) is 1.75. The van der Waals surface area contributed by atoms with Crippen LogP contribution in [0.1, 0.15) is 24.1 Å². The quantitative estimate of drug-likeness (QED) is 0.924. The van der Waals surface area contributed by atoms with Crippen LogP contribution in [-0.4, -0.2) is 4.98 Å². The van der Waals surface area contributed by atoms with Crippen LogP contribution in [0.3, 0.4) is 0 Å². The lowest BCUT2D eigenvalue weighted by atomic mass is 10.1. The van der Waals surface area contributed by atoms with E-state index < -0.39 is 0 Å². The number of halogens is 2. The summed E-state index contributed by atoms with van der Waals surface area (Å²) in [6.07, 6.45) is 1.60. The minimum Gasteiger partial charge on any atom is -0.362 e. The zero-order chi connectivity index (χ0) is 13.8. The largest absolute Gasteiger partial charge is 0.362 e. The first-order chi connectivity index (χ1) is 9.11.